The van der Waals surface area contributed by atoms with Gasteiger partial charge in [0.05, 0.1) is 22.5 Å². The lowest BCUT2D eigenvalue weighted by Crippen LogP contribution is -2.57. The lowest BCUT2D eigenvalue weighted by atomic mass is 10.0. The Balaban J connectivity index is 1.44. The molecule has 0 aliphatic carbocycles. The molecule has 6 rings (SSSR count). The number of ether oxygens (including phenoxy) is 2. The van der Waals surface area contributed by atoms with Crippen LogP contribution in [0.4, 0.5) is 16.2 Å². The van der Waals surface area contributed by atoms with Crippen LogP contribution in [0.3, 0.4) is 0 Å². The van der Waals surface area contributed by atoms with Crippen LogP contribution in [0.25, 0.3) is 16.8 Å². The van der Waals surface area contributed by atoms with Crippen LogP contribution in [0.15, 0.2) is 118 Å². The SMILES string of the molecule is CCOc1cc(/C=C2\C(=O)N(c3ccc(C)cc3)C(=O)N(c3cccc4ccccc34)C2=O)cc(Br)c1OCc1ccc(Br)cc1. The van der Waals surface area contributed by atoms with Crippen molar-refractivity contribution in [1.82, 2.24) is 0 Å². The first-order valence-electron chi connectivity index (χ1n) is 14.6. The lowest BCUT2D eigenvalue weighted by Gasteiger charge is -2.34. The number of halogens is 2. The fourth-order valence-electron chi connectivity index (χ4n) is 5.24. The summed E-state index contributed by atoms with van der Waals surface area (Å²) in [4.78, 5) is 44.4. The van der Waals surface area contributed by atoms with Crippen molar-refractivity contribution in [3.8, 4) is 11.5 Å². The van der Waals surface area contributed by atoms with Crippen LogP contribution in [-0.2, 0) is 16.2 Å². The van der Waals surface area contributed by atoms with Crippen LogP contribution < -0.4 is 19.3 Å². The van der Waals surface area contributed by atoms with Gasteiger partial charge in [0, 0.05) is 9.86 Å². The minimum atomic E-state index is -0.750. The molecule has 4 amide bonds. The van der Waals surface area contributed by atoms with Crippen LogP contribution in [0.1, 0.15) is 23.6 Å². The molecule has 230 valence electrons. The number of hydrogen-bond acceptors (Lipinski definition) is 5. The van der Waals surface area contributed by atoms with E-state index in [1.807, 2.05) is 80.6 Å². The second kappa shape index (κ2) is 13.3. The molecule has 0 spiro atoms. The van der Waals surface area contributed by atoms with E-state index in [2.05, 4.69) is 31.9 Å². The maximum Gasteiger partial charge on any atom is 0.343 e. The highest BCUT2D eigenvalue weighted by Gasteiger charge is 2.44. The average Bonchev–Trinajstić information content (AvgIpc) is 3.05. The van der Waals surface area contributed by atoms with E-state index in [1.165, 1.54) is 6.08 Å². The summed E-state index contributed by atoms with van der Waals surface area (Å²) in [5.74, 6) is -0.518. The molecule has 0 bridgehead atoms. The predicted molar refractivity (Wildman–Crippen MR) is 187 cm³/mol. The number of hydrogen-bond donors (Lipinski definition) is 0. The van der Waals surface area contributed by atoms with Gasteiger partial charge < -0.3 is 9.47 Å². The number of carbonyl (C=O) groups excluding carboxylic acids is 3. The molecule has 0 atom stereocenters. The first-order valence-corrected chi connectivity index (χ1v) is 16.2. The average molecular weight is 740 g/mol. The second-order valence-electron chi connectivity index (χ2n) is 10.6. The zero-order valence-electron chi connectivity index (χ0n) is 25.0. The summed E-state index contributed by atoms with van der Waals surface area (Å²) >= 11 is 7.05. The number of imide groups is 2. The zero-order valence-corrected chi connectivity index (χ0v) is 28.2. The van der Waals surface area contributed by atoms with Crippen molar-refractivity contribution in [2.45, 2.75) is 20.5 Å². The second-order valence-corrected chi connectivity index (χ2v) is 12.4. The third-order valence-corrected chi connectivity index (χ3v) is 8.61. The molecule has 0 saturated carbocycles. The van der Waals surface area contributed by atoms with Crippen LogP contribution in [-0.4, -0.2) is 24.5 Å². The summed E-state index contributed by atoms with van der Waals surface area (Å²) in [5.41, 5.74) is 3.02. The number of benzene rings is 5. The van der Waals surface area contributed by atoms with Crippen molar-refractivity contribution >= 4 is 77.9 Å². The molecule has 9 heteroatoms. The summed E-state index contributed by atoms with van der Waals surface area (Å²) < 4.78 is 13.6. The maximum absolute atomic E-state index is 14.2. The van der Waals surface area contributed by atoms with Crippen molar-refractivity contribution in [1.29, 1.82) is 0 Å². The Morgan fingerprint density at radius 1 is 0.761 bits per heavy atom. The largest absolute Gasteiger partial charge is 0.490 e. The van der Waals surface area contributed by atoms with E-state index in [4.69, 9.17) is 9.47 Å². The number of fused-ring (bicyclic) bond motifs is 1. The van der Waals surface area contributed by atoms with E-state index in [0.717, 1.165) is 30.8 Å². The van der Waals surface area contributed by atoms with E-state index >= 15 is 0 Å². The van der Waals surface area contributed by atoms with Crippen LogP contribution >= 0.6 is 31.9 Å². The topological polar surface area (TPSA) is 76.2 Å². The zero-order chi connectivity index (χ0) is 32.4. The number of rotatable bonds is 8. The number of anilines is 2. The highest BCUT2D eigenvalue weighted by molar-refractivity contribution is 9.10. The van der Waals surface area contributed by atoms with Gasteiger partial charge in [-0.1, -0.05) is 82.2 Å². The van der Waals surface area contributed by atoms with Crippen molar-refractivity contribution in [2.75, 3.05) is 16.4 Å². The van der Waals surface area contributed by atoms with E-state index in [-0.39, 0.29) is 5.57 Å². The normalized spacial score (nSPS) is 14.3. The summed E-state index contributed by atoms with van der Waals surface area (Å²) in [7, 11) is 0. The Kier molecular flexibility index (Phi) is 9.05. The van der Waals surface area contributed by atoms with Gasteiger partial charge in [-0.25, -0.2) is 14.6 Å². The van der Waals surface area contributed by atoms with Crippen molar-refractivity contribution in [3.05, 3.63) is 134 Å². The van der Waals surface area contributed by atoms with Gasteiger partial charge in [-0.3, -0.25) is 9.59 Å². The maximum atomic E-state index is 14.2. The van der Waals surface area contributed by atoms with E-state index in [0.29, 0.717) is 51.5 Å². The van der Waals surface area contributed by atoms with Gasteiger partial charge in [-0.05, 0) is 94.8 Å². The molecule has 0 radical (unpaired) electrons. The number of carbonyl (C=O) groups is 3. The quantitative estimate of drug-likeness (QED) is 0.117. The Bertz CT molecular complexity index is 2000. The van der Waals surface area contributed by atoms with Gasteiger partial charge >= 0.3 is 6.03 Å². The minimum absolute atomic E-state index is 0.175. The number of nitrogens with zero attached hydrogens (tertiary/aromatic N) is 2. The third kappa shape index (κ3) is 6.21. The molecule has 0 N–H and O–H groups in total. The van der Waals surface area contributed by atoms with Crippen LogP contribution in [0, 0.1) is 6.92 Å². The Morgan fingerprint density at radius 3 is 2.20 bits per heavy atom. The van der Waals surface area contributed by atoms with Crippen LogP contribution in [0.5, 0.6) is 11.5 Å². The molecule has 1 aliphatic rings. The van der Waals surface area contributed by atoms with Gasteiger partial charge in [0.25, 0.3) is 11.8 Å². The Hall–Kier alpha value is -4.73. The Morgan fingerprint density at radius 2 is 1.46 bits per heavy atom. The molecule has 1 heterocycles. The standard InChI is InChI=1S/C37H28Br2N2O5/c1-3-45-33-21-25(20-31(39)34(33)46-22-24-13-15-27(38)16-14-24)19-30-35(42)40(28-17-11-23(2)12-18-28)37(44)41(36(30)43)32-10-6-8-26-7-4-5-9-29(26)32/h4-21H,3,22H2,1-2H3/b30-19+. The fraction of sp³-hybridized carbons (Fsp3) is 0.108. The summed E-state index contributed by atoms with van der Waals surface area (Å²) in [5, 5.41) is 1.56. The summed E-state index contributed by atoms with van der Waals surface area (Å²) in [6, 6.07) is 30.4. The molecule has 5 aromatic rings. The van der Waals surface area contributed by atoms with Crippen molar-refractivity contribution < 1.29 is 23.9 Å². The van der Waals surface area contributed by atoms with Crippen molar-refractivity contribution in [2.24, 2.45) is 0 Å². The molecule has 0 aromatic heterocycles. The number of aryl methyl sites for hydroxylation is 1. The minimum Gasteiger partial charge on any atom is -0.490 e. The molecule has 1 saturated heterocycles. The lowest BCUT2D eigenvalue weighted by molar-refractivity contribution is -0.121. The van der Waals surface area contributed by atoms with E-state index < -0.39 is 17.8 Å². The van der Waals surface area contributed by atoms with Gasteiger partial charge in [-0.2, -0.15) is 0 Å². The first-order chi connectivity index (χ1) is 22.2. The molecule has 0 unspecified atom stereocenters. The summed E-state index contributed by atoms with van der Waals surface area (Å²) in [6.07, 6.45) is 1.49. The molecule has 1 aliphatic heterocycles. The summed E-state index contributed by atoms with van der Waals surface area (Å²) in [6.45, 7) is 4.44. The fourth-order valence-corrected chi connectivity index (χ4v) is 6.08. The van der Waals surface area contributed by atoms with Crippen LogP contribution in [0.2, 0.25) is 0 Å². The molecule has 1 fully saturated rings. The monoisotopic (exact) mass is 738 g/mol. The van der Waals surface area contributed by atoms with E-state index in [1.54, 1.807) is 36.4 Å². The highest BCUT2D eigenvalue weighted by atomic mass is 79.9. The molecular weight excluding hydrogens is 712 g/mol. The number of urea groups is 1. The molecule has 5 aromatic carbocycles. The molecule has 46 heavy (non-hydrogen) atoms. The molecule has 7 nitrogen and oxygen atoms in total. The number of amides is 4. The highest BCUT2D eigenvalue weighted by Crippen LogP contribution is 2.39. The first kappa shape index (κ1) is 31.3. The number of barbiturate groups is 1. The van der Waals surface area contributed by atoms with E-state index in [9.17, 15) is 14.4 Å². The van der Waals surface area contributed by atoms with Gasteiger partial charge in [0.2, 0.25) is 0 Å². The van der Waals surface area contributed by atoms with Gasteiger partial charge in [0.15, 0.2) is 11.5 Å². The predicted octanol–water partition coefficient (Wildman–Crippen LogP) is 9.23. The Labute approximate surface area is 283 Å². The molecular formula is C37H28Br2N2O5. The van der Waals surface area contributed by atoms with Gasteiger partial charge in [-0.15, -0.1) is 0 Å². The van der Waals surface area contributed by atoms with Crippen molar-refractivity contribution in [3.63, 3.8) is 0 Å². The third-order valence-electron chi connectivity index (χ3n) is 7.49. The van der Waals surface area contributed by atoms with Gasteiger partial charge in [0.1, 0.15) is 12.2 Å². The smallest absolute Gasteiger partial charge is 0.343 e.